The van der Waals surface area contributed by atoms with Crippen LogP contribution >= 0.6 is 0 Å². The summed E-state index contributed by atoms with van der Waals surface area (Å²) in [6.07, 6.45) is 0.408. The molecule has 4 heteroatoms. The minimum absolute atomic E-state index is 0. The predicted molar refractivity (Wildman–Crippen MR) is 61.7 cm³/mol. The third kappa shape index (κ3) is 6.77. The van der Waals surface area contributed by atoms with Gasteiger partial charge >= 0.3 is 43.7 Å². The van der Waals surface area contributed by atoms with Crippen LogP contribution < -0.4 is 4.74 Å². The van der Waals surface area contributed by atoms with E-state index in [0.717, 1.165) is 5.75 Å². The van der Waals surface area contributed by atoms with E-state index in [0.29, 0.717) is 19.6 Å². The molecule has 0 aromatic heterocycles. The van der Waals surface area contributed by atoms with Gasteiger partial charge in [-0.25, -0.2) is 0 Å². The van der Waals surface area contributed by atoms with Crippen LogP contribution in [-0.2, 0) is 9.53 Å². The molecule has 3 nitrogen and oxygen atoms in total. The second-order valence-corrected chi connectivity index (χ2v) is 2.74. The second-order valence-electron chi connectivity index (χ2n) is 2.74. The van der Waals surface area contributed by atoms with E-state index >= 15 is 0 Å². The van der Waals surface area contributed by atoms with E-state index in [1.807, 2.05) is 30.3 Å². The molecule has 0 unspecified atom stereocenters. The monoisotopic (exact) mass is 236 g/mol. The van der Waals surface area contributed by atoms with Crippen LogP contribution in [0.5, 0.6) is 5.75 Å². The summed E-state index contributed by atoms with van der Waals surface area (Å²) in [6.45, 7) is 2.47. The van der Waals surface area contributed by atoms with Gasteiger partial charge in [-0.1, -0.05) is 25.1 Å². The molecule has 1 aromatic rings. The van der Waals surface area contributed by atoms with E-state index in [-0.39, 0.29) is 43.7 Å². The molecule has 0 aliphatic rings. The zero-order valence-corrected chi connectivity index (χ0v) is 8.23. The van der Waals surface area contributed by atoms with Crippen molar-refractivity contribution in [2.45, 2.75) is 13.3 Å². The van der Waals surface area contributed by atoms with Gasteiger partial charge in [-0.2, -0.15) is 0 Å². The molecular formula is C11H16CaO3. The fourth-order valence-corrected chi connectivity index (χ4v) is 0.934. The fraction of sp³-hybridized carbons (Fsp3) is 0.364. The van der Waals surface area contributed by atoms with Crippen LogP contribution in [0.4, 0.5) is 0 Å². The molecule has 1 aromatic carbocycles. The Morgan fingerprint density at radius 1 is 1.20 bits per heavy atom. The first kappa shape index (κ1) is 14.7. The summed E-state index contributed by atoms with van der Waals surface area (Å²) in [7, 11) is 0. The summed E-state index contributed by atoms with van der Waals surface area (Å²) < 4.78 is 10.2. The van der Waals surface area contributed by atoms with E-state index in [1.165, 1.54) is 0 Å². The van der Waals surface area contributed by atoms with Gasteiger partial charge in [-0.3, -0.25) is 4.79 Å². The third-order valence-corrected chi connectivity index (χ3v) is 1.65. The Kier molecular flexibility index (Phi) is 8.86. The number of carbonyl (C=O) groups excluding carboxylic acids is 1. The van der Waals surface area contributed by atoms with E-state index in [2.05, 4.69) is 0 Å². The Morgan fingerprint density at radius 3 is 2.47 bits per heavy atom. The number of carbonyl (C=O) groups is 1. The van der Waals surface area contributed by atoms with Crippen LogP contribution in [0.25, 0.3) is 0 Å². The summed E-state index contributed by atoms with van der Waals surface area (Å²) >= 11 is 0. The average Bonchev–Trinajstić information content (AvgIpc) is 2.25. The van der Waals surface area contributed by atoms with Crippen molar-refractivity contribution >= 4 is 43.7 Å². The van der Waals surface area contributed by atoms with Gasteiger partial charge in [0.1, 0.15) is 19.0 Å². The predicted octanol–water partition coefficient (Wildman–Crippen LogP) is 1.10. The standard InChI is InChI=1S/C11H14O3.Ca.2H/c1-2-11(12)14-9-8-13-10-6-4-3-5-7-10;;;/h3-7H,2,8-9H2,1H3;;;. The average molecular weight is 236 g/mol. The molecule has 0 saturated carbocycles. The molecule has 0 bridgehead atoms. The molecular weight excluding hydrogens is 220 g/mol. The summed E-state index contributed by atoms with van der Waals surface area (Å²) in [5.74, 6) is 0.599. The number of ether oxygens (including phenoxy) is 2. The van der Waals surface area contributed by atoms with Crippen LogP contribution in [0.15, 0.2) is 30.3 Å². The van der Waals surface area contributed by atoms with Crippen LogP contribution in [-0.4, -0.2) is 56.9 Å². The Labute approximate surface area is 120 Å². The van der Waals surface area contributed by atoms with Crippen molar-refractivity contribution in [1.82, 2.24) is 0 Å². The van der Waals surface area contributed by atoms with E-state index < -0.39 is 0 Å². The number of rotatable bonds is 5. The van der Waals surface area contributed by atoms with Crippen molar-refractivity contribution in [3.05, 3.63) is 30.3 Å². The van der Waals surface area contributed by atoms with Crippen LogP contribution in [0.2, 0.25) is 0 Å². The normalized spacial score (nSPS) is 8.87. The Bertz CT molecular complexity index is 274. The molecule has 0 amide bonds. The zero-order valence-electron chi connectivity index (χ0n) is 8.23. The quantitative estimate of drug-likeness (QED) is 0.436. The number of para-hydroxylation sites is 1. The van der Waals surface area contributed by atoms with Gasteiger partial charge < -0.3 is 9.47 Å². The summed E-state index contributed by atoms with van der Waals surface area (Å²) in [4.78, 5) is 10.7. The molecule has 0 atom stereocenters. The first-order chi connectivity index (χ1) is 6.83. The van der Waals surface area contributed by atoms with Crippen LogP contribution in [0.1, 0.15) is 13.3 Å². The molecule has 0 aliphatic heterocycles. The summed E-state index contributed by atoms with van der Waals surface area (Å²) in [5, 5.41) is 0. The number of esters is 1. The first-order valence-electron chi connectivity index (χ1n) is 4.66. The topological polar surface area (TPSA) is 35.5 Å². The third-order valence-electron chi connectivity index (χ3n) is 1.65. The fourth-order valence-electron chi connectivity index (χ4n) is 0.934. The molecule has 1 rings (SSSR count). The Hall–Kier alpha value is -0.250. The van der Waals surface area contributed by atoms with Crippen molar-refractivity contribution in [3.63, 3.8) is 0 Å². The molecule has 0 saturated heterocycles. The SMILES string of the molecule is CCC(=O)OCCOc1ccccc1.[CaH2]. The minimum atomic E-state index is -0.193. The van der Waals surface area contributed by atoms with Gasteiger partial charge in [-0.15, -0.1) is 0 Å². The van der Waals surface area contributed by atoms with Gasteiger partial charge in [0.15, 0.2) is 0 Å². The van der Waals surface area contributed by atoms with Gasteiger partial charge in [-0.05, 0) is 12.1 Å². The molecule has 80 valence electrons. The number of benzene rings is 1. The van der Waals surface area contributed by atoms with Crippen molar-refractivity contribution in [2.75, 3.05) is 13.2 Å². The molecule has 0 radical (unpaired) electrons. The van der Waals surface area contributed by atoms with Gasteiger partial charge in [0.2, 0.25) is 0 Å². The summed E-state index contributed by atoms with van der Waals surface area (Å²) in [6, 6.07) is 9.44. The molecule has 0 fully saturated rings. The van der Waals surface area contributed by atoms with Crippen molar-refractivity contribution < 1.29 is 14.3 Å². The van der Waals surface area contributed by atoms with Crippen LogP contribution in [0.3, 0.4) is 0 Å². The Balaban J connectivity index is 0.00000196. The van der Waals surface area contributed by atoms with Gasteiger partial charge in [0, 0.05) is 6.42 Å². The molecule has 0 N–H and O–H groups in total. The summed E-state index contributed by atoms with van der Waals surface area (Å²) in [5.41, 5.74) is 0. The van der Waals surface area contributed by atoms with E-state index in [9.17, 15) is 4.79 Å². The van der Waals surface area contributed by atoms with Crippen molar-refractivity contribution in [3.8, 4) is 5.75 Å². The van der Waals surface area contributed by atoms with Crippen molar-refractivity contribution in [2.24, 2.45) is 0 Å². The van der Waals surface area contributed by atoms with Gasteiger partial charge in [0.05, 0.1) is 0 Å². The zero-order chi connectivity index (χ0) is 10.2. The van der Waals surface area contributed by atoms with Crippen LogP contribution in [0, 0.1) is 0 Å². The second kappa shape index (κ2) is 9.01. The van der Waals surface area contributed by atoms with Crippen molar-refractivity contribution in [1.29, 1.82) is 0 Å². The maximum absolute atomic E-state index is 10.7. The van der Waals surface area contributed by atoms with E-state index in [4.69, 9.17) is 9.47 Å². The molecule has 0 aliphatic carbocycles. The first-order valence-corrected chi connectivity index (χ1v) is 4.66. The maximum atomic E-state index is 10.7. The molecule has 15 heavy (non-hydrogen) atoms. The van der Waals surface area contributed by atoms with Gasteiger partial charge in [0.25, 0.3) is 0 Å². The Morgan fingerprint density at radius 2 is 1.87 bits per heavy atom. The van der Waals surface area contributed by atoms with E-state index in [1.54, 1.807) is 6.92 Å². The number of hydrogen-bond acceptors (Lipinski definition) is 3. The number of hydrogen-bond donors (Lipinski definition) is 0. The molecule has 0 spiro atoms. The molecule has 0 heterocycles.